The lowest BCUT2D eigenvalue weighted by Crippen LogP contribution is -2.14. The molecule has 0 radical (unpaired) electrons. The molecule has 0 saturated heterocycles. The molecule has 98 valence electrons. The molecule has 1 heterocycles. The largest absolute Gasteiger partial charge is 0.504 e. The van der Waals surface area contributed by atoms with Gasteiger partial charge in [-0.15, -0.1) is 0 Å². The number of anilines is 1. The molecular formula is C15H16N2O2. The smallest absolute Gasteiger partial charge is 0.225 e. The average Bonchev–Trinajstić information content (AvgIpc) is 2.42. The van der Waals surface area contributed by atoms with E-state index in [0.29, 0.717) is 12.1 Å². The summed E-state index contributed by atoms with van der Waals surface area (Å²) in [6.45, 7) is 2.00. The van der Waals surface area contributed by atoms with Crippen LogP contribution in [-0.4, -0.2) is 16.0 Å². The van der Waals surface area contributed by atoms with Crippen molar-refractivity contribution in [1.82, 2.24) is 4.98 Å². The van der Waals surface area contributed by atoms with Gasteiger partial charge >= 0.3 is 0 Å². The molecule has 0 saturated carbocycles. The van der Waals surface area contributed by atoms with Gasteiger partial charge in [0.2, 0.25) is 5.91 Å². The van der Waals surface area contributed by atoms with E-state index in [0.717, 1.165) is 5.56 Å². The molecule has 1 aromatic carbocycles. The van der Waals surface area contributed by atoms with Crippen LogP contribution >= 0.6 is 0 Å². The van der Waals surface area contributed by atoms with Gasteiger partial charge < -0.3 is 10.4 Å². The molecule has 4 heteroatoms. The molecule has 0 fully saturated rings. The van der Waals surface area contributed by atoms with Crippen molar-refractivity contribution >= 4 is 11.6 Å². The number of nitrogens with zero attached hydrogens (tertiary/aromatic N) is 1. The molecule has 1 amide bonds. The van der Waals surface area contributed by atoms with E-state index < -0.39 is 0 Å². The SMILES string of the molecule is CC(CC(=O)Nc1ccncc1O)c1ccccc1. The van der Waals surface area contributed by atoms with E-state index in [1.165, 1.54) is 12.4 Å². The number of carbonyl (C=O) groups is 1. The number of pyridine rings is 1. The Labute approximate surface area is 112 Å². The molecule has 2 N–H and O–H groups in total. The van der Waals surface area contributed by atoms with Gasteiger partial charge in [0.25, 0.3) is 0 Å². The summed E-state index contributed by atoms with van der Waals surface area (Å²) in [6, 6.07) is 11.4. The van der Waals surface area contributed by atoms with Crippen molar-refractivity contribution in [1.29, 1.82) is 0 Å². The third-order valence-electron chi connectivity index (χ3n) is 2.93. The molecule has 2 aromatic rings. The first kappa shape index (κ1) is 13.1. The minimum absolute atomic E-state index is 0.0248. The Morgan fingerprint density at radius 1 is 1.32 bits per heavy atom. The van der Waals surface area contributed by atoms with Crippen molar-refractivity contribution in [3.63, 3.8) is 0 Å². The number of amides is 1. The lowest BCUT2D eigenvalue weighted by Gasteiger charge is -2.12. The maximum Gasteiger partial charge on any atom is 0.225 e. The van der Waals surface area contributed by atoms with Gasteiger partial charge in [-0.3, -0.25) is 9.78 Å². The Morgan fingerprint density at radius 3 is 2.74 bits per heavy atom. The van der Waals surface area contributed by atoms with Crippen LogP contribution in [0.25, 0.3) is 0 Å². The maximum atomic E-state index is 11.9. The predicted octanol–water partition coefficient (Wildman–Crippen LogP) is 2.92. The van der Waals surface area contributed by atoms with Gasteiger partial charge in [-0.2, -0.15) is 0 Å². The Morgan fingerprint density at radius 2 is 2.05 bits per heavy atom. The van der Waals surface area contributed by atoms with Gasteiger partial charge in [0.05, 0.1) is 11.9 Å². The minimum atomic E-state index is -0.127. The van der Waals surface area contributed by atoms with Crippen molar-refractivity contribution < 1.29 is 9.90 Å². The highest BCUT2D eigenvalue weighted by atomic mass is 16.3. The highest BCUT2D eigenvalue weighted by Gasteiger charge is 2.12. The van der Waals surface area contributed by atoms with Crippen LogP contribution in [0.4, 0.5) is 5.69 Å². The molecule has 0 aliphatic heterocycles. The number of carbonyl (C=O) groups excluding carboxylic acids is 1. The molecule has 0 aliphatic carbocycles. The first-order valence-electron chi connectivity index (χ1n) is 6.14. The van der Waals surface area contributed by atoms with Crippen LogP contribution in [0.15, 0.2) is 48.8 Å². The number of rotatable bonds is 4. The fourth-order valence-corrected chi connectivity index (χ4v) is 1.87. The minimum Gasteiger partial charge on any atom is -0.504 e. The number of hydrogen-bond acceptors (Lipinski definition) is 3. The van der Waals surface area contributed by atoms with Gasteiger partial charge in [0.1, 0.15) is 0 Å². The van der Waals surface area contributed by atoms with E-state index in [1.807, 2.05) is 37.3 Å². The third-order valence-corrected chi connectivity index (χ3v) is 2.93. The Kier molecular flexibility index (Phi) is 4.13. The molecule has 4 nitrogen and oxygen atoms in total. The Bertz CT molecular complexity index is 555. The second-order valence-corrected chi connectivity index (χ2v) is 4.46. The predicted molar refractivity (Wildman–Crippen MR) is 74.0 cm³/mol. The lowest BCUT2D eigenvalue weighted by molar-refractivity contribution is -0.116. The van der Waals surface area contributed by atoms with E-state index in [-0.39, 0.29) is 17.6 Å². The van der Waals surface area contributed by atoms with E-state index in [1.54, 1.807) is 6.07 Å². The van der Waals surface area contributed by atoms with Crippen LogP contribution in [0, 0.1) is 0 Å². The zero-order valence-electron chi connectivity index (χ0n) is 10.7. The summed E-state index contributed by atoms with van der Waals surface area (Å²) < 4.78 is 0. The van der Waals surface area contributed by atoms with Crippen LogP contribution < -0.4 is 5.32 Å². The first-order valence-corrected chi connectivity index (χ1v) is 6.14. The molecule has 0 bridgehead atoms. The molecule has 1 unspecified atom stereocenters. The van der Waals surface area contributed by atoms with Crippen molar-refractivity contribution in [3.8, 4) is 5.75 Å². The fourth-order valence-electron chi connectivity index (χ4n) is 1.87. The van der Waals surface area contributed by atoms with Crippen LogP contribution in [0.5, 0.6) is 5.75 Å². The third kappa shape index (κ3) is 3.55. The molecule has 2 rings (SSSR count). The van der Waals surface area contributed by atoms with E-state index in [4.69, 9.17) is 0 Å². The average molecular weight is 256 g/mol. The summed E-state index contributed by atoms with van der Waals surface area (Å²) in [6.07, 6.45) is 3.19. The highest BCUT2D eigenvalue weighted by molar-refractivity contribution is 5.92. The summed E-state index contributed by atoms with van der Waals surface area (Å²) in [5, 5.41) is 12.2. The monoisotopic (exact) mass is 256 g/mol. The van der Waals surface area contributed by atoms with Crippen LogP contribution in [0.2, 0.25) is 0 Å². The lowest BCUT2D eigenvalue weighted by atomic mass is 9.97. The number of hydrogen-bond donors (Lipinski definition) is 2. The van der Waals surface area contributed by atoms with Crippen molar-refractivity contribution in [2.45, 2.75) is 19.3 Å². The quantitative estimate of drug-likeness (QED) is 0.884. The Balaban J connectivity index is 1.97. The highest BCUT2D eigenvalue weighted by Crippen LogP contribution is 2.23. The summed E-state index contributed by atoms with van der Waals surface area (Å²) in [4.78, 5) is 15.7. The molecule has 1 atom stereocenters. The van der Waals surface area contributed by atoms with E-state index in [2.05, 4.69) is 10.3 Å². The van der Waals surface area contributed by atoms with E-state index in [9.17, 15) is 9.90 Å². The van der Waals surface area contributed by atoms with E-state index >= 15 is 0 Å². The standard InChI is InChI=1S/C15H16N2O2/c1-11(12-5-3-2-4-6-12)9-15(19)17-13-7-8-16-10-14(13)18/h2-8,10-11,18H,9H2,1H3,(H,16,17,19). The maximum absolute atomic E-state index is 11.9. The number of aromatic nitrogens is 1. The van der Waals surface area contributed by atoms with Crippen LogP contribution in [-0.2, 0) is 4.79 Å². The fraction of sp³-hybridized carbons (Fsp3) is 0.200. The number of benzene rings is 1. The van der Waals surface area contributed by atoms with Crippen LogP contribution in [0.3, 0.4) is 0 Å². The van der Waals surface area contributed by atoms with Gasteiger partial charge in [-0.25, -0.2) is 0 Å². The summed E-state index contributed by atoms with van der Waals surface area (Å²) in [7, 11) is 0. The second kappa shape index (κ2) is 6.00. The number of nitrogens with one attached hydrogen (secondary N) is 1. The zero-order chi connectivity index (χ0) is 13.7. The van der Waals surface area contributed by atoms with Gasteiger partial charge in [-0.05, 0) is 17.5 Å². The van der Waals surface area contributed by atoms with Gasteiger partial charge in [-0.1, -0.05) is 37.3 Å². The molecule has 1 aromatic heterocycles. The normalized spacial score (nSPS) is 11.8. The summed E-state index contributed by atoms with van der Waals surface area (Å²) in [5.41, 5.74) is 1.51. The molecule has 0 aliphatic rings. The molecular weight excluding hydrogens is 240 g/mol. The Hall–Kier alpha value is -2.36. The van der Waals surface area contributed by atoms with Crippen molar-refractivity contribution in [2.24, 2.45) is 0 Å². The van der Waals surface area contributed by atoms with Gasteiger partial charge in [0, 0.05) is 12.6 Å². The topological polar surface area (TPSA) is 62.2 Å². The van der Waals surface area contributed by atoms with Gasteiger partial charge in [0.15, 0.2) is 5.75 Å². The summed E-state index contributed by atoms with van der Waals surface area (Å²) >= 11 is 0. The first-order chi connectivity index (χ1) is 9.16. The molecule has 0 spiro atoms. The second-order valence-electron chi connectivity index (χ2n) is 4.46. The van der Waals surface area contributed by atoms with Crippen molar-refractivity contribution in [2.75, 3.05) is 5.32 Å². The summed E-state index contributed by atoms with van der Waals surface area (Å²) in [5.74, 6) is -0.0220. The number of aromatic hydroxyl groups is 1. The molecule has 19 heavy (non-hydrogen) atoms. The zero-order valence-corrected chi connectivity index (χ0v) is 10.7. The van der Waals surface area contributed by atoms with Crippen molar-refractivity contribution in [3.05, 3.63) is 54.4 Å². The van der Waals surface area contributed by atoms with Crippen LogP contribution in [0.1, 0.15) is 24.8 Å².